The Morgan fingerprint density at radius 3 is 2.80 bits per heavy atom. The monoisotopic (exact) mass is 385 g/mol. The molecule has 0 aromatic heterocycles. The number of carbonyl (C=O) groups excluding carboxylic acids is 1. The Hall–Kier alpha value is -2.23. The van der Waals surface area contributed by atoms with Crippen molar-refractivity contribution < 1.29 is 19.2 Å². The van der Waals surface area contributed by atoms with E-state index in [1.807, 2.05) is 0 Å². The lowest BCUT2D eigenvalue weighted by molar-refractivity contribution is -0.384. The van der Waals surface area contributed by atoms with Crippen LogP contribution in [0.3, 0.4) is 0 Å². The van der Waals surface area contributed by atoms with E-state index in [0.717, 1.165) is 0 Å². The first-order valence-electron chi connectivity index (χ1n) is 7.23. The van der Waals surface area contributed by atoms with Gasteiger partial charge in [-0.2, -0.15) is 0 Å². The second kappa shape index (κ2) is 8.24. The van der Waals surface area contributed by atoms with E-state index in [-0.39, 0.29) is 29.5 Å². The first-order valence-corrected chi connectivity index (χ1v) is 8.02. The Balaban J connectivity index is 2.40. The summed E-state index contributed by atoms with van der Waals surface area (Å²) in [5.41, 5.74) is 1.00. The Morgan fingerprint density at radius 2 is 2.16 bits per heavy atom. The highest BCUT2D eigenvalue weighted by atomic mass is 35.5. The molecule has 0 amide bonds. The molecule has 1 atom stereocenters. The first kappa shape index (κ1) is 19.1. The van der Waals surface area contributed by atoms with Crippen molar-refractivity contribution in [3.8, 4) is 0 Å². The summed E-state index contributed by atoms with van der Waals surface area (Å²) in [6, 6.07) is 3.62. The van der Waals surface area contributed by atoms with Crippen LogP contribution in [0.2, 0.25) is 5.02 Å². The normalized spacial score (nSPS) is 16.9. The molecule has 25 heavy (non-hydrogen) atoms. The van der Waals surface area contributed by atoms with Crippen LogP contribution in [0.5, 0.6) is 0 Å². The lowest BCUT2D eigenvalue weighted by Gasteiger charge is -2.29. The molecule has 10 heteroatoms. The molecule has 1 aliphatic heterocycles. The highest BCUT2D eigenvalue weighted by Gasteiger charge is 2.32. The smallest absolute Gasteiger partial charge is 0.338 e. The lowest BCUT2D eigenvalue weighted by atomic mass is 9.95. The molecule has 0 bridgehead atoms. The van der Waals surface area contributed by atoms with Gasteiger partial charge < -0.3 is 20.1 Å². The molecule has 0 fully saturated rings. The van der Waals surface area contributed by atoms with Crippen LogP contribution < -0.4 is 10.6 Å². The maximum atomic E-state index is 12.4. The molecule has 0 spiro atoms. The number of nitro groups is 1. The number of esters is 1. The summed E-state index contributed by atoms with van der Waals surface area (Å²) in [4.78, 5) is 23.0. The molecule has 2 N–H and O–H groups in total. The summed E-state index contributed by atoms with van der Waals surface area (Å²) >= 11 is 11.0. The minimum atomic E-state index is -0.695. The van der Waals surface area contributed by atoms with Crippen LogP contribution in [-0.2, 0) is 14.3 Å². The van der Waals surface area contributed by atoms with E-state index in [4.69, 9.17) is 33.3 Å². The lowest BCUT2D eigenvalue weighted by Crippen LogP contribution is -2.45. The first-order chi connectivity index (χ1) is 11.8. The molecular formula is C15H16ClN3O5S. The van der Waals surface area contributed by atoms with Gasteiger partial charge in [0.1, 0.15) is 11.6 Å². The Kier molecular flexibility index (Phi) is 6.29. The van der Waals surface area contributed by atoms with E-state index in [0.29, 0.717) is 16.4 Å². The molecule has 8 nitrogen and oxygen atoms in total. The molecule has 2 rings (SSSR count). The maximum absolute atomic E-state index is 12.4. The minimum absolute atomic E-state index is 0.00943. The molecule has 1 aromatic carbocycles. The number of nitrogens with one attached hydrogen (secondary N) is 2. The van der Waals surface area contributed by atoms with Crippen LogP contribution in [-0.4, -0.2) is 36.3 Å². The number of halogens is 1. The van der Waals surface area contributed by atoms with Crippen LogP contribution >= 0.6 is 23.8 Å². The average Bonchev–Trinajstić information content (AvgIpc) is 2.54. The van der Waals surface area contributed by atoms with Crippen molar-refractivity contribution in [2.45, 2.75) is 13.0 Å². The molecule has 1 aromatic rings. The fourth-order valence-electron chi connectivity index (χ4n) is 2.36. The zero-order chi connectivity index (χ0) is 18.6. The third kappa shape index (κ3) is 4.44. The van der Waals surface area contributed by atoms with Crippen molar-refractivity contribution in [3.05, 3.63) is 50.2 Å². The van der Waals surface area contributed by atoms with Gasteiger partial charge in [0.15, 0.2) is 5.11 Å². The third-order valence-corrected chi connectivity index (χ3v) is 4.05. The van der Waals surface area contributed by atoms with Crippen LogP contribution in [0.1, 0.15) is 18.5 Å². The molecule has 0 unspecified atom stereocenters. The quantitative estimate of drug-likeness (QED) is 0.253. The third-order valence-electron chi connectivity index (χ3n) is 3.51. The van der Waals surface area contributed by atoms with Gasteiger partial charge in [0, 0.05) is 18.9 Å². The zero-order valence-corrected chi connectivity index (χ0v) is 15.1. The molecule has 0 radical (unpaired) electrons. The van der Waals surface area contributed by atoms with Crippen molar-refractivity contribution >= 4 is 40.6 Å². The highest BCUT2D eigenvalue weighted by Crippen LogP contribution is 2.33. The number of methoxy groups -OCH3 is 1. The maximum Gasteiger partial charge on any atom is 0.338 e. The van der Waals surface area contributed by atoms with Crippen molar-refractivity contribution in [2.24, 2.45) is 0 Å². The van der Waals surface area contributed by atoms with Gasteiger partial charge in [-0.25, -0.2) is 4.79 Å². The van der Waals surface area contributed by atoms with Crippen LogP contribution in [0.25, 0.3) is 0 Å². The van der Waals surface area contributed by atoms with Crippen molar-refractivity contribution in [3.63, 3.8) is 0 Å². The average molecular weight is 386 g/mol. The van der Waals surface area contributed by atoms with Gasteiger partial charge in [0.05, 0.1) is 23.1 Å². The summed E-state index contributed by atoms with van der Waals surface area (Å²) in [6.45, 7) is 2.02. The Labute approximate surface area is 154 Å². The zero-order valence-electron chi connectivity index (χ0n) is 13.5. The van der Waals surface area contributed by atoms with Gasteiger partial charge in [-0.3, -0.25) is 10.1 Å². The molecule has 0 saturated carbocycles. The van der Waals surface area contributed by atoms with E-state index in [9.17, 15) is 14.9 Å². The number of benzene rings is 1. The van der Waals surface area contributed by atoms with E-state index in [1.165, 1.54) is 19.2 Å². The van der Waals surface area contributed by atoms with Gasteiger partial charge >= 0.3 is 5.97 Å². The summed E-state index contributed by atoms with van der Waals surface area (Å²) < 4.78 is 10.0. The SMILES string of the molecule is COCCOC(=O)C1=C(C)NC(=S)N[C@@H]1c1ccc(Cl)c([N+](=O)[O-])c1. The van der Waals surface area contributed by atoms with Gasteiger partial charge in [-0.05, 0) is 30.8 Å². The summed E-state index contributed by atoms with van der Waals surface area (Å²) in [5.74, 6) is -0.570. The predicted molar refractivity (Wildman–Crippen MR) is 95.3 cm³/mol. The number of thiocarbonyl (C=S) groups is 1. The fourth-order valence-corrected chi connectivity index (χ4v) is 2.82. The number of hydrogen-bond acceptors (Lipinski definition) is 6. The molecule has 0 aliphatic carbocycles. The van der Waals surface area contributed by atoms with Gasteiger partial charge in [-0.15, -0.1) is 0 Å². The number of allylic oxidation sites excluding steroid dienone is 1. The van der Waals surface area contributed by atoms with E-state index >= 15 is 0 Å². The summed E-state index contributed by atoms with van der Waals surface area (Å²) in [7, 11) is 1.50. The number of rotatable bonds is 6. The van der Waals surface area contributed by atoms with Crippen molar-refractivity contribution in [2.75, 3.05) is 20.3 Å². The Morgan fingerprint density at radius 1 is 1.44 bits per heavy atom. The van der Waals surface area contributed by atoms with E-state index in [1.54, 1.807) is 13.0 Å². The van der Waals surface area contributed by atoms with Gasteiger partial charge in [0.25, 0.3) is 5.69 Å². The highest BCUT2D eigenvalue weighted by molar-refractivity contribution is 7.80. The number of carbonyl (C=O) groups is 1. The largest absolute Gasteiger partial charge is 0.460 e. The molecular weight excluding hydrogens is 370 g/mol. The van der Waals surface area contributed by atoms with Crippen LogP contribution in [0.15, 0.2) is 29.5 Å². The second-order valence-electron chi connectivity index (χ2n) is 5.17. The molecule has 134 valence electrons. The molecule has 1 aliphatic rings. The number of ether oxygens (including phenoxy) is 2. The number of hydrogen-bond donors (Lipinski definition) is 2. The minimum Gasteiger partial charge on any atom is -0.460 e. The number of nitrogens with zero attached hydrogens (tertiary/aromatic N) is 1. The Bertz CT molecular complexity index is 753. The van der Waals surface area contributed by atoms with Gasteiger partial charge in [0.2, 0.25) is 0 Å². The second-order valence-corrected chi connectivity index (χ2v) is 5.98. The summed E-state index contributed by atoms with van der Waals surface area (Å²) in [6.07, 6.45) is 0. The standard InChI is InChI=1S/C15H16ClN3O5S/c1-8-12(14(20)24-6-5-23-2)13(18-15(25)17-8)9-3-4-10(16)11(7-9)19(21)22/h3-4,7,13H,5-6H2,1-2H3,(H2,17,18,25)/t13-/m1/s1. The predicted octanol–water partition coefficient (Wildman–Crippen LogP) is 2.23. The fraction of sp³-hybridized carbons (Fsp3) is 0.333. The number of nitro benzene ring substituents is 1. The molecule has 1 heterocycles. The van der Waals surface area contributed by atoms with Crippen LogP contribution in [0, 0.1) is 10.1 Å². The van der Waals surface area contributed by atoms with E-state index in [2.05, 4.69) is 10.6 Å². The van der Waals surface area contributed by atoms with Crippen molar-refractivity contribution in [1.29, 1.82) is 0 Å². The van der Waals surface area contributed by atoms with Crippen LogP contribution in [0.4, 0.5) is 5.69 Å². The summed E-state index contributed by atoms with van der Waals surface area (Å²) in [5, 5.41) is 17.2. The molecule has 0 saturated heterocycles. The topological polar surface area (TPSA) is 103 Å². The van der Waals surface area contributed by atoms with Crippen molar-refractivity contribution in [1.82, 2.24) is 10.6 Å². The van der Waals surface area contributed by atoms with Gasteiger partial charge in [-0.1, -0.05) is 17.7 Å². The van der Waals surface area contributed by atoms with E-state index < -0.39 is 16.9 Å².